The molecule has 0 unspecified atom stereocenters. The minimum Gasteiger partial charge on any atom is -0.494 e. The highest BCUT2D eigenvalue weighted by atomic mass is 35.5. The molecule has 2 heterocycles. The minimum absolute atomic E-state index is 0.341. The number of fused-ring (bicyclic) bond motifs is 1. The van der Waals surface area contributed by atoms with Crippen molar-refractivity contribution in [3.05, 3.63) is 72.7 Å². The van der Waals surface area contributed by atoms with Crippen LogP contribution in [-0.4, -0.2) is 35.1 Å². The van der Waals surface area contributed by atoms with Crippen LogP contribution in [0.3, 0.4) is 0 Å². The van der Waals surface area contributed by atoms with Crippen molar-refractivity contribution in [2.45, 2.75) is 0 Å². The zero-order valence-electron chi connectivity index (χ0n) is 18.3. The second-order valence-electron chi connectivity index (χ2n) is 6.86. The van der Waals surface area contributed by atoms with E-state index in [0.29, 0.717) is 56.2 Å². The predicted molar refractivity (Wildman–Crippen MR) is 131 cm³/mol. The largest absolute Gasteiger partial charge is 0.494 e. The molecule has 2 aromatic heterocycles. The summed E-state index contributed by atoms with van der Waals surface area (Å²) >= 11 is 6.48. The lowest BCUT2D eigenvalue weighted by Crippen LogP contribution is -2.09. The number of carbonyl (C=O) groups excluding carboxylic acids is 1. The highest BCUT2D eigenvalue weighted by Crippen LogP contribution is 2.40. The fourth-order valence-corrected chi connectivity index (χ4v) is 3.36. The van der Waals surface area contributed by atoms with Crippen molar-refractivity contribution >= 4 is 45.6 Å². The number of nitrogens with zero attached hydrogens (tertiary/aromatic N) is 3. The molecule has 0 aliphatic carbocycles. The van der Waals surface area contributed by atoms with Crippen molar-refractivity contribution in [3.63, 3.8) is 0 Å². The maximum absolute atomic E-state index is 11.9. The molecule has 10 heteroatoms. The van der Waals surface area contributed by atoms with Gasteiger partial charge in [0.2, 0.25) is 11.8 Å². The molecule has 34 heavy (non-hydrogen) atoms. The van der Waals surface area contributed by atoms with E-state index < -0.39 is 0 Å². The van der Waals surface area contributed by atoms with E-state index in [1.807, 2.05) is 6.07 Å². The molecule has 2 N–H and O–H groups in total. The Hall–Kier alpha value is -4.37. The van der Waals surface area contributed by atoms with Crippen molar-refractivity contribution < 1.29 is 19.0 Å². The third-order valence-electron chi connectivity index (χ3n) is 4.76. The Morgan fingerprint density at radius 1 is 1.00 bits per heavy atom. The van der Waals surface area contributed by atoms with E-state index in [0.717, 1.165) is 0 Å². The number of nitrogens with one attached hydrogen (secondary N) is 2. The lowest BCUT2D eigenvalue weighted by Gasteiger charge is -2.16. The van der Waals surface area contributed by atoms with Gasteiger partial charge in [0, 0.05) is 29.8 Å². The number of pyridine rings is 1. The van der Waals surface area contributed by atoms with Gasteiger partial charge >= 0.3 is 0 Å². The maximum atomic E-state index is 11.9. The number of rotatable bonds is 8. The van der Waals surface area contributed by atoms with Crippen LogP contribution in [-0.2, 0) is 4.79 Å². The Balaban J connectivity index is 1.72. The average Bonchev–Trinajstić information content (AvgIpc) is 2.86. The predicted octanol–water partition coefficient (Wildman–Crippen LogP) is 5.36. The first-order chi connectivity index (χ1) is 16.5. The number of amides is 1. The number of ether oxygens (including phenoxy) is 3. The van der Waals surface area contributed by atoms with Crippen molar-refractivity contribution in [1.29, 1.82) is 0 Å². The topological polar surface area (TPSA) is 107 Å². The summed E-state index contributed by atoms with van der Waals surface area (Å²) < 4.78 is 16.7. The number of hydrogen-bond donors (Lipinski definition) is 2. The molecule has 4 aromatic rings. The molecule has 0 fully saturated rings. The third-order valence-corrected chi connectivity index (χ3v) is 5.05. The lowest BCUT2D eigenvalue weighted by molar-refractivity contribution is -0.111. The Bertz CT molecular complexity index is 1360. The number of aromatic nitrogens is 3. The maximum Gasteiger partial charge on any atom is 0.247 e. The van der Waals surface area contributed by atoms with Gasteiger partial charge in [-0.15, -0.1) is 0 Å². The zero-order valence-corrected chi connectivity index (χ0v) is 19.1. The van der Waals surface area contributed by atoms with Gasteiger partial charge in [0.25, 0.3) is 0 Å². The van der Waals surface area contributed by atoms with Gasteiger partial charge in [-0.25, -0.2) is 15.0 Å². The molecule has 0 aliphatic heterocycles. The summed E-state index contributed by atoms with van der Waals surface area (Å²) in [4.78, 5) is 24.7. The van der Waals surface area contributed by atoms with Crippen LogP contribution >= 0.6 is 11.6 Å². The van der Waals surface area contributed by atoms with E-state index in [-0.39, 0.29) is 5.91 Å². The van der Waals surface area contributed by atoms with Crippen LogP contribution in [0.2, 0.25) is 5.02 Å². The molecule has 0 aliphatic rings. The van der Waals surface area contributed by atoms with Gasteiger partial charge in [0.1, 0.15) is 23.6 Å². The van der Waals surface area contributed by atoms with E-state index in [2.05, 4.69) is 32.2 Å². The molecule has 0 spiro atoms. The Labute approximate surface area is 200 Å². The Morgan fingerprint density at radius 3 is 2.50 bits per heavy atom. The SMILES string of the molecule is C=CC(=O)Nc1cc2c(Nc3cc(Cl)c(Oc4ccccn4)cc3OC)ncnc2cc1OC. The van der Waals surface area contributed by atoms with E-state index in [1.165, 1.54) is 26.6 Å². The molecule has 9 nitrogen and oxygen atoms in total. The molecule has 0 radical (unpaired) electrons. The van der Waals surface area contributed by atoms with Gasteiger partial charge < -0.3 is 24.8 Å². The van der Waals surface area contributed by atoms with E-state index in [4.69, 9.17) is 25.8 Å². The minimum atomic E-state index is -0.374. The molecule has 4 rings (SSSR count). The highest BCUT2D eigenvalue weighted by Gasteiger charge is 2.16. The van der Waals surface area contributed by atoms with E-state index in [9.17, 15) is 4.79 Å². The molecular weight excluding hydrogens is 458 g/mol. The second-order valence-corrected chi connectivity index (χ2v) is 7.27. The first kappa shape index (κ1) is 22.8. The van der Waals surface area contributed by atoms with Crippen LogP contribution in [0.5, 0.6) is 23.1 Å². The monoisotopic (exact) mass is 477 g/mol. The van der Waals surface area contributed by atoms with Gasteiger partial charge in [-0.1, -0.05) is 24.2 Å². The van der Waals surface area contributed by atoms with Crippen molar-refractivity contribution in [3.8, 4) is 23.1 Å². The van der Waals surface area contributed by atoms with Crippen LogP contribution in [0, 0.1) is 0 Å². The zero-order chi connectivity index (χ0) is 24.1. The number of benzene rings is 2. The first-order valence-electron chi connectivity index (χ1n) is 10.0. The Morgan fingerprint density at radius 2 is 1.79 bits per heavy atom. The summed E-state index contributed by atoms with van der Waals surface area (Å²) in [6.45, 7) is 3.48. The number of anilines is 3. The molecule has 0 bridgehead atoms. The molecule has 2 aromatic carbocycles. The van der Waals surface area contributed by atoms with Crippen LogP contribution in [0.15, 0.2) is 67.6 Å². The van der Waals surface area contributed by atoms with Gasteiger partial charge in [-0.05, 0) is 24.3 Å². The van der Waals surface area contributed by atoms with Crippen LogP contribution in [0.4, 0.5) is 17.2 Å². The summed E-state index contributed by atoms with van der Waals surface area (Å²) in [7, 11) is 3.04. The number of halogens is 1. The normalized spacial score (nSPS) is 10.4. The molecule has 172 valence electrons. The van der Waals surface area contributed by atoms with Crippen LogP contribution in [0.25, 0.3) is 10.9 Å². The van der Waals surface area contributed by atoms with Gasteiger partial charge in [0.15, 0.2) is 5.75 Å². The molecule has 1 amide bonds. The first-order valence-corrected chi connectivity index (χ1v) is 10.4. The summed E-state index contributed by atoms with van der Waals surface area (Å²) in [5, 5.41) is 6.92. The van der Waals surface area contributed by atoms with E-state index in [1.54, 1.807) is 42.6 Å². The highest BCUT2D eigenvalue weighted by molar-refractivity contribution is 6.32. The fraction of sp³-hybridized carbons (Fsp3) is 0.0833. The van der Waals surface area contributed by atoms with Gasteiger partial charge in [0.05, 0.1) is 36.1 Å². The summed E-state index contributed by atoms with van der Waals surface area (Å²) in [5.74, 6) is 1.79. The van der Waals surface area contributed by atoms with Crippen molar-refractivity contribution in [2.75, 3.05) is 24.9 Å². The quantitative estimate of drug-likeness (QED) is 0.327. The smallest absolute Gasteiger partial charge is 0.247 e. The van der Waals surface area contributed by atoms with Crippen molar-refractivity contribution in [1.82, 2.24) is 15.0 Å². The van der Waals surface area contributed by atoms with Crippen LogP contribution in [0.1, 0.15) is 0 Å². The summed E-state index contributed by atoms with van der Waals surface area (Å²) in [5.41, 5.74) is 1.60. The summed E-state index contributed by atoms with van der Waals surface area (Å²) in [6, 6.07) is 12.1. The number of hydrogen-bond acceptors (Lipinski definition) is 8. The Kier molecular flexibility index (Phi) is 6.74. The second kappa shape index (κ2) is 10.1. The summed E-state index contributed by atoms with van der Waals surface area (Å²) in [6.07, 6.45) is 4.21. The molecule has 0 atom stereocenters. The number of methoxy groups -OCH3 is 2. The van der Waals surface area contributed by atoms with Crippen LogP contribution < -0.4 is 24.8 Å². The van der Waals surface area contributed by atoms with Gasteiger partial charge in [-0.3, -0.25) is 4.79 Å². The molecule has 0 saturated heterocycles. The van der Waals surface area contributed by atoms with E-state index >= 15 is 0 Å². The number of carbonyl (C=O) groups is 1. The molecule has 0 saturated carbocycles. The van der Waals surface area contributed by atoms with Gasteiger partial charge in [-0.2, -0.15) is 0 Å². The van der Waals surface area contributed by atoms with Crippen molar-refractivity contribution in [2.24, 2.45) is 0 Å². The molecular formula is C24H20ClN5O4. The fourth-order valence-electron chi connectivity index (χ4n) is 3.16. The average molecular weight is 478 g/mol. The lowest BCUT2D eigenvalue weighted by atomic mass is 10.1. The third kappa shape index (κ3) is 4.84. The standard InChI is InChI=1S/C24H20ClN5O4/c1-4-22(31)29-17-9-14-16(11-20(17)32-2)27-13-28-24(14)30-18-10-15(25)19(12-21(18)33-3)34-23-7-5-6-8-26-23/h4-13H,1H2,2-3H3,(H,29,31)(H,27,28,30).